The Morgan fingerprint density at radius 2 is 1.68 bits per heavy atom. The highest BCUT2D eigenvalue weighted by atomic mass is 16.5. The van der Waals surface area contributed by atoms with Gasteiger partial charge in [-0.1, -0.05) is 60.7 Å². The average molecular weight is 296 g/mol. The maximum atomic E-state index is 12.2. The van der Waals surface area contributed by atoms with E-state index in [1.54, 1.807) is 0 Å². The van der Waals surface area contributed by atoms with Crippen LogP contribution in [0.1, 0.15) is 24.0 Å². The highest BCUT2D eigenvalue weighted by Crippen LogP contribution is 2.39. The van der Waals surface area contributed by atoms with E-state index in [0.717, 1.165) is 17.5 Å². The summed E-state index contributed by atoms with van der Waals surface area (Å²) < 4.78 is 5.20. The molecule has 0 unspecified atom stereocenters. The molecule has 2 atom stereocenters. The van der Waals surface area contributed by atoms with Crippen LogP contribution in [0.4, 0.5) is 0 Å². The standard InChI is InChI=1S/C19H20O3/c20-18-17(12-11-15-7-3-1-4-8-15)19(21,13-14-22-18)16-9-5-2-6-10-16/h1-10,17,21H,11-14H2/t17-,19-/m0/s1. The smallest absolute Gasteiger partial charge is 0.312 e. The maximum absolute atomic E-state index is 12.2. The minimum atomic E-state index is -1.13. The normalized spacial score (nSPS) is 24.8. The van der Waals surface area contributed by atoms with Gasteiger partial charge in [-0.15, -0.1) is 0 Å². The Hall–Kier alpha value is -2.13. The van der Waals surface area contributed by atoms with Gasteiger partial charge < -0.3 is 9.84 Å². The first-order valence-electron chi connectivity index (χ1n) is 7.68. The summed E-state index contributed by atoms with van der Waals surface area (Å²) in [5.74, 6) is -0.822. The lowest BCUT2D eigenvalue weighted by Gasteiger charge is -2.39. The number of aliphatic hydroxyl groups is 1. The first-order valence-corrected chi connectivity index (χ1v) is 7.68. The zero-order valence-electron chi connectivity index (χ0n) is 12.4. The van der Waals surface area contributed by atoms with Crippen molar-refractivity contribution >= 4 is 5.97 Å². The number of hydrogen-bond donors (Lipinski definition) is 1. The summed E-state index contributed by atoms with van der Waals surface area (Å²) in [6, 6.07) is 19.5. The fourth-order valence-corrected chi connectivity index (χ4v) is 3.16. The predicted octanol–water partition coefficient (Wildman–Crippen LogP) is 3.07. The molecule has 3 rings (SSSR count). The Labute approximate surface area is 130 Å². The Morgan fingerprint density at radius 1 is 1.05 bits per heavy atom. The fraction of sp³-hybridized carbons (Fsp3) is 0.316. The van der Waals surface area contributed by atoms with Gasteiger partial charge in [0, 0.05) is 6.42 Å². The van der Waals surface area contributed by atoms with Gasteiger partial charge in [0.1, 0.15) is 5.60 Å². The number of carbonyl (C=O) groups is 1. The van der Waals surface area contributed by atoms with Crippen LogP contribution in [0, 0.1) is 5.92 Å². The Morgan fingerprint density at radius 3 is 2.36 bits per heavy atom. The van der Waals surface area contributed by atoms with E-state index in [1.807, 2.05) is 60.7 Å². The van der Waals surface area contributed by atoms with Crippen molar-refractivity contribution in [2.75, 3.05) is 6.61 Å². The molecule has 0 bridgehead atoms. The van der Waals surface area contributed by atoms with E-state index >= 15 is 0 Å². The molecule has 22 heavy (non-hydrogen) atoms. The topological polar surface area (TPSA) is 46.5 Å². The summed E-state index contributed by atoms with van der Waals surface area (Å²) in [7, 11) is 0. The van der Waals surface area contributed by atoms with Crippen LogP contribution in [0.15, 0.2) is 60.7 Å². The minimum absolute atomic E-state index is 0.270. The van der Waals surface area contributed by atoms with Crippen molar-refractivity contribution in [3.8, 4) is 0 Å². The number of cyclic esters (lactones) is 1. The van der Waals surface area contributed by atoms with Gasteiger partial charge in [0.15, 0.2) is 0 Å². The number of ether oxygens (including phenoxy) is 1. The van der Waals surface area contributed by atoms with Crippen LogP contribution in [0.5, 0.6) is 0 Å². The number of esters is 1. The minimum Gasteiger partial charge on any atom is -0.465 e. The molecular weight excluding hydrogens is 276 g/mol. The molecule has 0 aromatic heterocycles. The van der Waals surface area contributed by atoms with E-state index in [2.05, 4.69) is 0 Å². The first-order chi connectivity index (χ1) is 10.7. The average Bonchev–Trinajstić information content (AvgIpc) is 2.56. The van der Waals surface area contributed by atoms with Gasteiger partial charge in [0.2, 0.25) is 0 Å². The second kappa shape index (κ2) is 6.32. The van der Waals surface area contributed by atoms with Crippen molar-refractivity contribution in [2.24, 2.45) is 5.92 Å². The van der Waals surface area contributed by atoms with E-state index < -0.39 is 11.5 Å². The molecule has 0 amide bonds. The van der Waals surface area contributed by atoms with Gasteiger partial charge in [-0.3, -0.25) is 4.79 Å². The molecule has 3 heteroatoms. The van der Waals surface area contributed by atoms with Gasteiger partial charge in [-0.05, 0) is 24.0 Å². The lowest BCUT2D eigenvalue weighted by molar-refractivity contribution is -0.175. The van der Waals surface area contributed by atoms with E-state index in [1.165, 1.54) is 0 Å². The molecule has 114 valence electrons. The van der Waals surface area contributed by atoms with Crippen LogP contribution >= 0.6 is 0 Å². The summed E-state index contributed by atoms with van der Waals surface area (Å²) in [4.78, 5) is 12.2. The summed E-state index contributed by atoms with van der Waals surface area (Å²) in [5, 5.41) is 11.1. The zero-order chi connectivity index (χ0) is 15.4. The number of rotatable bonds is 4. The first kappa shape index (κ1) is 14.8. The molecule has 1 aliphatic rings. The third-order valence-corrected chi connectivity index (χ3v) is 4.43. The molecular formula is C19H20O3. The largest absolute Gasteiger partial charge is 0.465 e. The molecule has 1 saturated heterocycles. The molecule has 0 aliphatic carbocycles. The molecule has 0 saturated carbocycles. The molecule has 2 aromatic carbocycles. The molecule has 3 nitrogen and oxygen atoms in total. The lowest BCUT2D eigenvalue weighted by Crippen LogP contribution is -2.46. The van der Waals surface area contributed by atoms with E-state index in [-0.39, 0.29) is 12.6 Å². The molecule has 1 heterocycles. The molecule has 2 aromatic rings. The second-order valence-corrected chi connectivity index (χ2v) is 5.78. The molecule has 1 fully saturated rings. The van der Waals surface area contributed by atoms with E-state index in [0.29, 0.717) is 12.8 Å². The fourth-order valence-electron chi connectivity index (χ4n) is 3.16. The van der Waals surface area contributed by atoms with Crippen LogP contribution in [0.2, 0.25) is 0 Å². The van der Waals surface area contributed by atoms with Gasteiger partial charge in [-0.25, -0.2) is 0 Å². The summed E-state index contributed by atoms with van der Waals surface area (Å²) in [6.45, 7) is 0.270. The van der Waals surface area contributed by atoms with Gasteiger partial charge >= 0.3 is 5.97 Å². The third kappa shape index (κ3) is 2.90. The summed E-state index contributed by atoms with van der Waals surface area (Å²) >= 11 is 0. The van der Waals surface area contributed by atoms with Crippen molar-refractivity contribution in [2.45, 2.75) is 24.9 Å². The van der Waals surface area contributed by atoms with E-state index in [9.17, 15) is 9.90 Å². The quantitative estimate of drug-likeness (QED) is 0.882. The van der Waals surface area contributed by atoms with Crippen LogP contribution in [-0.2, 0) is 21.6 Å². The Balaban J connectivity index is 1.83. The van der Waals surface area contributed by atoms with Crippen LogP contribution in [0.25, 0.3) is 0 Å². The highest BCUT2D eigenvalue weighted by molar-refractivity contribution is 5.75. The van der Waals surface area contributed by atoms with Crippen molar-refractivity contribution in [3.63, 3.8) is 0 Å². The molecule has 0 radical (unpaired) electrons. The monoisotopic (exact) mass is 296 g/mol. The van der Waals surface area contributed by atoms with Gasteiger partial charge in [0.05, 0.1) is 12.5 Å². The van der Waals surface area contributed by atoms with Crippen LogP contribution in [0.3, 0.4) is 0 Å². The van der Waals surface area contributed by atoms with Crippen molar-refractivity contribution in [1.82, 2.24) is 0 Å². The molecule has 1 aliphatic heterocycles. The number of aryl methyl sites for hydroxylation is 1. The number of benzene rings is 2. The van der Waals surface area contributed by atoms with E-state index in [4.69, 9.17) is 4.74 Å². The van der Waals surface area contributed by atoms with Crippen LogP contribution < -0.4 is 0 Å². The Kier molecular flexibility index (Phi) is 4.25. The molecule has 1 N–H and O–H groups in total. The van der Waals surface area contributed by atoms with Crippen LogP contribution in [-0.4, -0.2) is 17.7 Å². The number of hydrogen-bond acceptors (Lipinski definition) is 3. The highest BCUT2D eigenvalue weighted by Gasteiger charge is 2.46. The second-order valence-electron chi connectivity index (χ2n) is 5.78. The summed E-state index contributed by atoms with van der Waals surface area (Å²) in [5.41, 5.74) is 0.826. The van der Waals surface area contributed by atoms with Crippen molar-refractivity contribution in [1.29, 1.82) is 0 Å². The number of carbonyl (C=O) groups excluding carboxylic acids is 1. The zero-order valence-corrected chi connectivity index (χ0v) is 12.4. The SMILES string of the molecule is O=C1OCC[C@](O)(c2ccccc2)[C@H]1CCc1ccccc1. The van der Waals surface area contributed by atoms with Gasteiger partial charge in [-0.2, -0.15) is 0 Å². The summed E-state index contributed by atoms with van der Waals surface area (Å²) in [6.07, 6.45) is 1.77. The third-order valence-electron chi connectivity index (χ3n) is 4.43. The Bertz CT molecular complexity index is 624. The maximum Gasteiger partial charge on any atom is 0.312 e. The van der Waals surface area contributed by atoms with Crippen molar-refractivity contribution < 1.29 is 14.6 Å². The van der Waals surface area contributed by atoms with Gasteiger partial charge in [0.25, 0.3) is 0 Å². The lowest BCUT2D eigenvalue weighted by atomic mass is 9.75. The predicted molar refractivity (Wildman–Crippen MR) is 84.2 cm³/mol. The molecule has 0 spiro atoms. The van der Waals surface area contributed by atoms with Crippen molar-refractivity contribution in [3.05, 3.63) is 71.8 Å².